The highest BCUT2D eigenvalue weighted by Gasteiger charge is 2.51. The van der Waals surface area contributed by atoms with Gasteiger partial charge in [0.05, 0.1) is 6.04 Å². The molecule has 0 saturated carbocycles. The van der Waals surface area contributed by atoms with Gasteiger partial charge in [-0.25, -0.2) is 0 Å². The molecule has 1 atom stereocenters. The van der Waals surface area contributed by atoms with Gasteiger partial charge in [0.2, 0.25) is 5.91 Å². The van der Waals surface area contributed by atoms with E-state index in [0.717, 1.165) is 0 Å². The molecule has 1 fully saturated rings. The molecule has 0 radical (unpaired) electrons. The van der Waals surface area contributed by atoms with Crippen LogP contribution < -0.4 is 5.32 Å². The molecule has 4 heteroatoms. The number of rotatable bonds is 4. The Labute approximate surface area is 83.1 Å². The van der Waals surface area contributed by atoms with E-state index in [4.69, 9.17) is 0 Å². The Morgan fingerprint density at radius 3 is 2.07 bits per heavy atom. The first kappa shape index (κ1) is 10.9. The summed E-state index contributed by atoms with van der Waals surface area (Å²) in [6.07, 6.45) is 0.732. The third-order valence-electron chi connectivity index (χ3n) is 3.13. The molecule has 1 aliphatic rings. The van der Waals surface area contributed by atoms with Crippen molar-refractivity contribution in [2.24, 2.45) is 5.41 Å². The topological polar surface area (TPSA) is 63.2 Å². The average molecular weight is 197 g/mol. The number of hydrogen-bond donors (Lipinski definition) is 1. The summed E-state index contributed by atoms with van der Waals surface area (Å²) in [5.41, 5.74) is -0.992. The lowest BCUT2D eigenvalue weighted by atomic mass is 9.68. The molecule has 14 heavy (non-hydrogen) atoms. The quantitative estimate of drug-likeness (QED) is 0.525. The summed E-state index contributed by atoms with van der Waals surface area (Å²) in [5, 5.41) is 2.62. The molecule has 0 aromatic heterocycles. The van der Waals surface area contributed by atoms with Gasteiger partial charge in [0.25, 0.3) is 0 Å². The fourth-order valence-corrected chi connectivity index (χ4v) is 2.14. The van der Waals surface area contributed by atoms with Crippen LogP contribution in [0.25, 0.3) is 0 Å². The van der Waals surface area contributed by atoms with Gasteiger partial charge in [-0.1, -0.05) is 6.92 Å². The highest BCUT2D eigenvalue weighted by atomic mass is 16.2. The van der Waals surface area contributed by atoms with Crippen molar-refractivity contribution in [2.45, 2.75) is 39.7 Å². The molecule has 1 rings (SSSR count). The molecular formula is C10H15NO3. The number of carbonyl (C=O) groups excluding carboxylic acids is 3. The third-order valence-corrected chi connectivity index (χ3v) is 3.13. The van der Waals surface area contributed by atoms with Crippen molar-refractivity contribution in [2.75, 3.05) is 0 Å². The molecular weight excluding hydrogens is 182 g/mol. The van der Waals surface area contributed by atoms with E-state index < -0.39 is 5.41 Å². The lowest BCUT2D eigenvalue weighted by Gasteiger charge is -2.41. The van der Waals surface area contributed by atoms with Crippen LogP contribution in [0.3, 0.4) is 0 Å². The van der Waals surface area contributed by atoms with Gasteiger partial charge in [0.15, 0.2) is 0 Å². The van der Waals surface area contributed by atoms with Crippen LogP contribution in [0.1, 0.15) is 33.6 Å². The largest absolute Gasteiger partial charge is 0.351 e. The zero-order chi connectivity index (χ0) is 10.9. The number of β-lactam (4-membered cyclic amide) rings is 1. The summed E-state index contributed by atoms with van der Waals surface area (Å²) in [6, 6.07) is -0.296. The Bertz CT molecular complexity index is 274. The number of amides is 1. The lowest BCUT2D eigenvalue weighted by Crippen LogP contribution is -2.62. The highest BCUT2D eigenvalue weighted by molar-refractivity contribution is 6.07. The number of hydrogen-bond acceptors (Lipinski definition) is 3. The van der Waals surface area contributed by atoms with Gasteiger partial charge < -0.3 is 5.32 Å². The van der Waals surface area contributed by atoms with E-state index in [1.165, 1.54) is 13.8 Å². The minimum atomic E-state index is -0.992. The van der Waals surface area contributed by atoms with Gasteiger partial charge in [-0.15, -0.1) is 0 Å². The van der Waals surface area contributed by atoms with Crippen molar-refractivity contribution in [1.82, 2.24) is 5.32 Å². The zero-order valence-corrected chi connectivity index (χ0v) is 8.72. The molecule has 0 aromatic rings. The van der Waals surface area contributed by atoms with E-state index in [1.54, 1.807) is 6.92 Å². The van der Waals surface area contributed by atoms with Crippen LogP contribution in [0.2, 0.25) is 0 Å². The van der Waals surface area contributed by atoms with Crippen LogP contribution in [0.5, 0.6) is 0 Å². The Hall–Kier alpha value is -1.19. The molecule has 4 nitrogen and oxygen atoms in total. The van der Waals surface area contributed by atoms with Crippen LogP contribution in [-0.4, -0.2) is 23.5 Å². The summed E-state index contributed by atoms with van der Waals surface area (Å²) in [5.74, 6) is -0.398. The van der Waals surface area contributed by atoms with Gasteiger partial charge in [-0.3, -0.25) is 14.4 Å². The maximum Gasteiger partial charge on any atom is 0.222 e. The van der Waals surface area contributed by atoms with E-state index in [0.29, 0.717) is 6.42 Å². The Morgan fingerprint density at radius 2 is 1.86 bits per heavy atom. The summed E-state index contributed by atoms with van der Waals surface area (Å²) < 4.78 is 0. The normalized spacial score (nSPS) is 21.1. The number of carbonyl (C=O) groups is 3. The van der Waals surface area contributed by atoms with Gasteiger partial charge in [0, 0.05) is 6.42 Å². The van der Waals surface area contributed by atoms with Crippen molar-refractivity contribution in [3.05, 3.63) is 0 Å². The zero-order valence-electron chi connectivity index (χ0n) is 8.72. The maximum atomic E-state index is 11.5. The van der Waals surface area contributed by atoms with Crippen LogP contribution in [-0.2, 0) is 14.4 Å². The Balaban J connectivity index is 2.96. The van der Waals surface area contributed by atoms with Crippen LogP contribution in [0, 0.1) is 5.41 Å². The molecule has 78 valence electrons. The van der Waals surface area contributed by atoms with E-state index in [-0.39, 0.29) is 29.9 Å². The summed E-state index contributed by atoms with van der Waals surface area (Å²) in [6.45, 7) is 4.62. The SMILES string of the molecule is CCC(C(C)=O)(C(C)=O)C1CC(=O)N1. The van der Waals surface area contributed by atoms with Gasteiger partial charge >= 0.3 is 0 Å². The molecule has 1 aliphatic heterocycles. The van der Waals surface area contributed by atoms with Gasteiger partial charge in [-0.05, 0) is 20.3 Å². The van der Waals surface area contributed by atoms with E-state index in [9.17, 15) is 14.4 Å². The van der Waals surface area contributed by atoms with Crippen molar-refractivity contribution in [1.29, 1.82) is 0 Å². The molecule has 0 bridgehead atoms. The molecule has 1 heterocycles. The molecule has 0 aromatic carbocycles. The first-order valence-electron chi connectivity index (χ1n) is 4.76. The second-order valence-corrected chi connectivity index (χ2v) is 3.76. The van der Waals surface area contributed by atoms with Crippen molar-refractivity contribution in [3.8, 4) is 0 Å². The number of Topliss-reactive ketones (excluding diaryl/α,β-unsaturated/α-hetero) is 2. The fraction of sp³-hybridized carbons (Fsp3) is 0.700. The predicted octanol–water partition coefficient (Wildman–Crippen LogP) is 0.449. The second-order valence-electron chi connectivity index (χ2n) is 3.76. The van der Waals surface area contributed by atoms with Crippen LogP contribution >= 0.6 is 0 Å². The van der Waals surface area contributed by atoms with Crippen molar-refractivity contribution in [3.63, 3.8) is 0 Å². The molecule has 0 spiro atoms. The molecule has 1 N–H and O–H groups in total. The number of ketones is 2. The maximum absolute atomic E-state index is 11.5. The first-order chi connectivity index (χ1) is 6.45. The summed E-state index contributed by atoms with van der Waals surface area (Å²) >= 11 is 0. The highest BCUT2D eigenvalue weighted by Crippen LogP contribution is 2.34. The molecule has 0 aliphatic carbocycles. The molecule has 1 saturated heterocycles. The van der Waals surface area contributed by atoms with Crippen molar-refractivity contribution < 1.29 is 14.4 Å². The monoisotopic (exact) mass is 197 g/mol. The Kier molecular flexibility index (Phi) is 2.73. The third kappa shape index (κ3) is 1.35. The second kappa shape index (κ2) is 3.52. The average Bonchev–Trinajstić information content (AvgIpc) is 2.02. The minimum Gasteiger partial charge on any atom is -0.351 e. The van der Waals surface area contributed by atoms with E-state index >= 15 is 0 Å². The first-order valence-corrected chi connectivity index (χ1v) is 4.76. The van der Waals surface area contributed by atoms with Crippen LogP contribution in [0.4, 0.5) is 0 Å². The van der Waals surface area contributed by atoms with Crippen LogP contribution in [0.15, 0.2) is 0 Å². The predicted molar refractivity (Wildman–Crippen MR) is 50.6 cm³/mol. The minimum absolute atomic E-state index is 0.0877. The molecule has 1 amide bonds. The lowest BCUT2D eigenvalue weighted by molar-refractivity contribution is -0.146. The smallest absolute Gasteiger partial charge is 0.222 e. The fourth-order valence-electron chi connectivity index (χ4n) is 2.14. The standard InChI is InChI=1S/C10H15NO3/c1-4-10(6(2)12,7(3)13)8-5-9(14)11-8/h8H,4-5H2,1-3H3,(H,11,14). The summed E-state index contributed by atoms with van der Waals surface area (Å²) in [4.78, 5) is 33.8. The molecule has 1 unspecified atom stereocenters. The summed E-state index contributed by atoms with van der Waals surface area (Å²) in [7, 11) is 0. The van der Waals surface area contributed by atoms with Gasteiger partial charge in [0.1, 0.15) is 17.0 Å². The van der Waals surface area contributed by atoms with E-state index in [2.05, 4.69) is 5.32 Å². The van der Waals surface area contributed by atoms with E-state index in [1.807, 2.05) is 0 Å². The Morgan fingerprint density at radius 1 is 1.43 bits per heavy atom. The number of nitrogens with one attached hydrogen (secondary N) is 1. The van der Waals surface area contributed by atoms with Crippen molar-refractivity contribution >= 4 is 17.5 Å². The van der Waals surface area contributed by atoms with Gasteiger partial charge in [-0.2, -0.15) is 0 Å².